The number of carbonyl (C=O) groups is 3. The van der Waals surface area contributed by atoms with E-state index >= 15 is 0 Å². The van der Waals surface area contributed by atoms with Gasteiger partial charge in [0.2, 0.25) is 0 Å². The topological polar surface area (TPSA) is 60.4 Å². The van der Waals surface area contributed by atoms with Crippen molar-refractivity contribution >= 4 is 17.5 Å². The summed E-state index contributed by atoms with van der Waals surface area (Å²) in [6.45, 7) is 6.30. The zero-order valence-corrected chi connectivity index (χ0v) is 9.49. The van der Waals surface area contributed by atoms with Gasteiger partial charge in [0, 0.05) is 11.5 Å². The van der Waals surface area contributed by atoms with Crippen LogP contribution in [0.3, 0.4) is 0 Å². The fourth-order valence-corrected chi connectivity index (χ4v) is 0.587. The van der Waals surface area contributed by atoms with Crippen molar-refractivity contribution in [1.29, 1.82) is 0 Å². The summed E-state index contributed by atoms with van der Waals surface area (Å²) in [4.78, 5) is 32.8. The Balaban J connectivity index is 4.03. The van der Waals surface area contributed by atoms with Crippen LogP contribution < -0.4 is 0 Å². The Morgan fingerprint density at radius 2 is 1.67 bits per heavy atom. The maximum absolute atomic E-state index is 11.3. The highest BCUT2D eigenvalue weighted by Gasteiger charge is 2.21. The summed E-state index contributed by atoms with van der Waals surface area (Å²) < 4.78 is 4.65. The molecule has 4 nitrogen and oxygen atoms in total. The first-order chi connectivity index (χ1) is 6.73. The van der Waals surface area contributed by atoms with E-state index in [9.17, 15) is 14.4 Å². The molecule has 15 heavy (non-hydrogen) atoms. The van der Waals surface area contributed by atoms with E-state index in [0.29, 0.717) is 0 Å². The minimum absolute atomic E-state index is 0.160. The summed E-state index contributed by atoms with van der Waals surface area (Å²) >= 11 is 0. The average Bonchev–Trinajstić information content (AvgIpc) is 2.09. The number of rotatable bonds is 4. The van der Waals surface area contributed by atoms with E-state index in [1.54, 1.807) is 20.8 Å². The summed E-state index contributed by atoms with van der Waals surface area (Å²) in [5.74, 6) is -1.08. The molecule has 0 radical (unpaired) electrons. The normalized spacial score (nSPS) is 11.5. The van der Waals surface area contributed by atoms with Crippen molar-refractivity contribution in [2.45, 2.75) is 27.7 Å². The van der Waals surface area contributed by atoms with Crippen LogP contribution in [-0.4, -0.2) is 24.1 Å². The molecule has 0 saturated heterocycles. The van der Waals surface area contributed by atoms with E-state index in [4.69, 9.17) is 0 Å². The molecule has 4 heteroatoms. The first-order valence-electron chi connectivity index (χ1n) is 4.62. The Labute approximate surface area is 89.3 Å². The van der Waals surface area contributed by atoms with E-state index in [-0.39, 0.29) is 18.2 Å². The lowest BCUT2D eigenvalue weighted by Crippen LogP contribution is -2.26. The number of hydrogen-bond acceptors (Lipinski definition) is 4. The van der Waals surface area contributed by atoms with E-state index in [1.807, 2.05) is 0 Å². The number of ketones is 2. The predicted molar refractivity (Wildman–Crippen MR) is 55.2 cm³/mol. The van der Waals surface area contributed by atoms with Gasteiger partial charge >= 0.3 is 5.97 Å². The van der Waals surface area contributed by atoms with Crippen LogP contribution >= 0.6 is 0 Å². The molecule has 0 aromatic rings. The van der Waals surface area contributed by atoms with Crippen LogP contribution in [0.4, 0.5) is 0 Å². The van der Waals surface area contributed by atoms with Gasteiger partial charge in [0.15, 0.2) is 18.2 Å². The van der Waals surface area contributed by atoms with Crippen LogP contribution in [0.15, 0.2) is 12.2 Å². The third kappa shape index (κ3) is 6.60. The molecule has 0 N–H and O–H groups in total. The van der Waals surface area contributed by atoms with Gasteiger partial charge in [-0.2, -0.15) is 0 Å². The Morgan fingerprint density at radius 3 is 2.07 bits per heavy atom. The lowest BCUT2D eigenvalue weighted by Gasteiger charge is -2.15. The van der Waals surface area contributed by atoms with Crippen LogP contribution in [0.1, 0.15) is 27.7 Å². The van der Waals surface area contributed by atoms with Crippen molar-refractivity contribution in [3.63, 3.8) is 0 Å². The number of Topliss-reactive ketones (excluding diaryl/α,β-unsaturated/α-hetero) is 1. The van der Waals surface area contributed by atoms with Crippen LogP contribution in [0, 0.1) is 5.41 Å². The summed E-state index contributed by atoms with van der Waals surface area (Å²) in [6.07, 6.45) is 2.11. The van der Waals surface area contributed by atoms with Crippen molar-refractivity contribution in [3.8, 4) is 0 Å². The second kappa shape index (κ2) is 5.44. The minimum atomic E-state index is -0.678. The molecule has 0 aliphatic heterocycles. The largest absolute Gasteiger partial charge is 0.455 e. The first kappa shape index (κ1) is 13.5. The average molecular weight is 212 g/mol. The van der Waals surface area contributed by atoms with Crippen molar-refractivity contribution < 1.29 is 19.1 Å². The van der Waals surface area contributed by atoms with Gasteiger partial charge < -0.3 is 4.74 Å². The summed E-state index contributed by atoms with van der Waals surface area (Å²) in [6, 6.07) is 0. The fourth-order valence-electron chi connectivity index (χ4n) is 0.587. The van der Waals surface area contributed by atoms with E-state index < -0.39 is 11.4 Å². The van der Waals surface area contributed by atoms with E-state index in [1.165, 1.54) is 6.92 Å². The Bertz CT molecular complexity index is 294. The molecule has 0 unspecified atom stereocenters. The maximum atomic E-state index is 11.3. The van der Waals surface area contributed by atoms with Crippen molar-refractivity contribution in [2.24, 2.45) is 5.41 Å². The van der Waals surface area contributed by atoms with Crippen molar-refractivity contribution in [2.75, 3.05) is 6.61 Å². The highest BCUT2D eigenvalue weighted by molar-refractivity contribution is 5.95. The molecule has 0 spiro atoms. The Morgan fingerprint density at radius 1 is 1.13 bits per heavy atom. The van der Waals surface area contributed by atoms with Crippen LogP contribution in [-0.2, 0) is 19.1 Å². The fraction of sp³-hybridized carbons (Fsp3) is 0.545. The third-order valence-electron chi connectivity index (χ3n) is 1.64. The molecule has 0 fully saturated rings. The summed E-state index contributed by atoms with van der Waals surface area (Å²) in [7, 11) is 0. The van der Waals surface area contributed by atoms with Gasteiger partial charge in [-0.3, -0.25) is 9.59 Å². The number of carbonyl (C=O) groups excluding carboxylic acids is 3. The monoisotopic (exact) mass is 212 g/mol. The van der Waals surface area contributed by atoms with Crippen LogP contribution in [0.2, 0.25) is 0 Å². The first-order valence-corrected chi connectivity index (χ1v) is 4.62. The molecule has 0 rings (SSSR count). The second-order valence-electron chi connectivity index (χ2n) is 4.22. The predicted octanol–water partition coefficient (Wildman–Crippen LogP) is 1.29. The van der Waals surface area contributed by atoms with Crippen LogP contribution in [0.25, 0.3) is 0 Å². The zero-order valence-electron chi connectivity index (χ0n) is 9.49. The van der Waals surface area contributed by atoms with Gasteiger partial charge in [0.1, 0.15) is 0 Å². The van der Waals surface area contributed by atoms with Gasteiger partial charge in [0.05, 0.1) is 0 Å². The zero-order chi connectivity index (χ0) is 12.1. The molecular formula is C11H16O4. The molecular weight excluding hydrogens is 196 g/mol. The standard InChI is InChI=1S/C11H16O4/c1-8(12)5-6-10(14)15-7-9(13)11(2,3)4/h5-6H,7H2,1-4H3/b6-5+. The molecule has 0 aliphatic rings. The number of allylic oxidation sites excluding steroid dienone is 1. The van der Waals surface area contributed by atoms with Gasteiger partial charge in [-0.05, 0) is 13.0 Å². The van der Waals surface area contributed by atoms with Gasteiger partial charge in [-0.15, -0.1) is 0 Å². The van der Waals surface area contributed by atoms with Gasteiger partial charge in [0.25, 0.3) is 0 Å². The molecule has 84 valence electrons. The number of esters is 1. The number of ether oxygens (including phenoxy) is 1. The third-order valence-corrected chi connectivity index (χ3v) is 1.64. The number of hydrogen-bond donors (Lipinski definition) is 0. The molecule has 0 saturated carbocycles. The Kier molecular flexibility index (Phi) is 4.91. The highest BCUT2D eigenvalue weighted by atomic mass is 16.5. The van der Waals surface area contributed by atoms with E-state index in [0.717, 1.165) is 12.2 Å². The van der Waals surface area contributed by atoms with Gasteiger partial charge in [-0.1, -0.05) is 20.8 Å². The van der Waals surface area contributed by atoms with Crippen molar-refractivity contribution in [1.82, 2.24) is 0 Å². The molecule has 0 aromatic carbocycles. The smallest absolute Gasteiger partial charge is 0.331 e. The summed E-state index contributed by atoms with van der Waals surface area (Å²) in [5, 5.41) is 0. The van der Waals surface area contributed by atoms with E-state index in [2.05, 4.69) is 4.74 Å². The lowest BCUT2D eigenvalue weighted by molar-refractivity contribution is -0.145. The highest BCUT2D eigenvalue weighted by Crippen LogP contribution is 2.14. The maximum Gasteiger partial charge on any atom is 0.331 e. The quantitative estimate of drug-likeness (QED) is 0.520. The van der Waals surface area contributed by atoms with Crippen molar-refractivity contribution in [3.05, 3.63) is 12.2 Å². The molecule has 0 aromatic heterocycles. The molecule has 0 atom stereocenters. The molecule has 0 bridgehead atoms. The molecule has 0 heterocycles. The second-order valence-corrected chi connectivity index (χ2v) is 4.22. The molecule has 0 aliphatic carbocycles. The lowest BCUT2D eigenvalue weighted by atomic mass is 9.91. The van der Waals surface area contributed by atoms with Crippen LogP contribution in [0.5, 0.6) is 0 Å². The Hall–Kier alpha value is -1.45. The summed E-state index contributed by atoms with van der Waals surface area (Å²) in [5.41, 5.74) is -0.523. The van der Waals surface area contributed by atoms with Gasteiger partial charge in [-0.25, -0.2) is 4.79 Å². The SMILES string of the molecule is CC(=O)/C=C/C(=O)OCC(=O)C(C)(C)C. The minimum Gasteiger partial charge on any atom is -0.455 e. The molecule has 0 amide bonds.